The summed E-state index contributed by atoms with van der Waals surface area (Å²) in [4.78, 5) is 25.0. The average molecular weight is 365 g/mol. The van der Waals surface area contributed by atoms with Crippen molar-refractivity contribution in [2.45, 2.75) is 6.92 Å². The third-order valence-electron chi connectivity index (χ3n) is 4.00. The van der Waals surface area contributed by atoms with Gasteiger partial charge in [-0.3, -0.25) is 14.5 Å². The minimum atomic E-state index is -0.834. The largest absolute Gasteiger partial charge is 0.298 e. The zero-order valence-corrected chi connectivity index (χ0v) is 14.1. The number of carbonyl (C=O) groups is 1. The lowest BCUT2D eigenvalue weighted by Crippen LogP contribution is -2.16. The summed E-state index contributed by atoms with van der Waals surface area (Å²) in [6, 6.07) is 9.96. The van der Waals surface area contributed by atoms with Crippen molar-refractivity contribution < 1.29 is 13.6 Å². The van der Waals surface area contributed by atoms with E-state index in [4.69, 9.17) is 0 Å². The van der Waals surface area contributed by atoms with Gasteiger partial charge >= 0.3 is 0 Å². The van der Waals surface area contributed by atoms with Crippen molar-refractivity contribution in [1.82, 2.24) is 19.4 Å². The maximum atomic E-state index is 13.8. The van der Waals surface area contributed by atoms with Gasteiger partial charge in [0.25, 0.3) is 5.91 Å². The van der Waals surface area contributed by atoms with E-state index >= 15 is 0 Å². The molecule has 0 aliphatic carbocycles. The second kappa shape index (κ2) is 6.56. The summed E-state index contributed by atoms with van der Waals surface area (Å²) in [5.74, 6) is -2.40. The van der Waals surface area contributed by atoms with E-state index in [1.54, 1.807) is 6.07 Å². The maximum absolute atomic E-state index is 13.8. The molecule has 6 nitrogen and oxygen atoms in total. The summed E-state index contributed by atoms with van der Waals surface area (Å²) in [5, 5.41) is 2.40. The number of hydrogen-bond acceptors (Lipinski definition) is 4. The number of fused-ring (bicyclic) bond motifs is 1. The minimum Gasteiger partial charge on any atom is -0.298 e. The van der Waals surface area contributed by atoms with Gasteiger partial charge in [-0.05, 0) is 43.3 Å². The molecule has 0 aliphatic heterocycles. The number of aromatic nitrogens is 4. The molecular formula is C19H13F2N5O. The van der Waals surface area contributed by atoms with Crippen molar-refractivity contribution in [2.24, 2.45) is 0 Å². The van der Waals surface area contributed by atoms with E-state index in [-0.39, 0.29) is 5.95 Å². The van der Waals surface area contributed by atoms with Gasteiger partial charge in [-0.1, -0.05) is 6.07 Å². The quantitative estimate of drug-likeness (QED) is 0.602. The first-order valence-corrected chi connectivity index (χ1v) is 8.06. The van der Waals surface area contributed by atoms with Crippen LogP contribution in [-0.2, 0) is 0 Å². The first-order chi connectivity index (χ1) is 13.0. The average Bonchev–Trinajstić information content (AvgIpc) is 2.99. The summed E-state index contributed by atoms with van der Waals surface area (Å²) in [7, 11) is 0. The molecular weight excluding hydrogens is 352 g/mol. The lowest BCUT2D eigenvalue weighted by atomic mass is 10.2. The molecule has 3 heterocycles. The van der Waals surface area contributed by atoms with Gasteiger partial charge in [0.15, 0.2) is 0 Å². The third-order valence-corrected chi connectivity index (χ3v) is 4.00. The normalized spacial score (nSPS) is 10.9. The molecule has 134 valence electrons. The number of pyridine rings is 1. The highest BCUT2D eigenvalue weighted by molar-refractivity contribution is 6.03. The number of nitrogens with one attached hydrogen (secondary N) is 1. The molecule has 0 saturated carbocycles. The molecule has 4 rings (SSSR count). The van der Waals surface area contributed by atoms with E-state index in [1.165, 1.54) is 6.20 Å². The SMILES string of the molecule is Cc1nc2ccccn2c1-c1ccnc(NC(=O)c2cc(F)ccc2F)n1. The van der Waals surface area contributed by atoms with Crippen LogP contribution in [0.2, 0.25) is 0 Å². The Bertz CT molecular complexity index is 1170. The monoisotopic (exact) mass is 365 g/mol. The smallest absolute Gasteiger partial charge is 0.261 e. The fourth-order valence-electron chi connectivity index (χ4n) is 2.81. The predicted molar refractivity (Wildman–Crippen MR) is 95.3 cm³/mol. The first-order valence-electron chi connectivity index (χ1n) is 8.06. The summed E-state index contributed by atoms with van der Waals surface area (Å²) in [6.45, 7) is 1.85. The number of halogens is 2. The van der Waals surface area contributed by atoms with E-state index in [9.17, 15) is 13.6 Å². The van der Waals surface area contributed by atoms with E-state index in [0.29, 0.717) is 5.69 Å². The zero-order chi connectivity index (χ0) is 19.0. The Balaban J connectivity index is 1.70. The van der Waals surface area contributed by atoms with Gasteiger partial charge in [0.05, 0.1) is 22.6 Å². The van der Waals surface area contributed by atoms with Crippen molar-refractivity contribution >= 4 is 17.5 Å². The van der Waals surface area contributed by atoms with Crippen LogP contribution in [0.15, 0.2) is 54.9 Å². The molecule has 0 unspecified atom stereocenters. The Morgan fingerprint density at radius 2 is 1.96 bits per heavy atom. The summed E-state index contributed by atoms with van der Waals surface area (Å²) >= 11 is 0. The van der Waals surface area contributed by atoms with Gasteiger partial charge in [-0.15, -0.1) is 0 Å². The number of nitrogens with zero attached hydrogens (tertiary/aromatic N) is 4. The van der Waals surface area contributed by atoms with Gasteiger partial charge in [-0.2, -0.15) is 0 Å². The molecule has 0 saturated heterocycles. The number of hydrogen-bond donors (Lipinski definition) is 1. The molecule has 1 amide bonds. The number of amides is 1. The molecule has 1 N–H and O–H groups in total. The van der Waals surface area contributed by atoms with Crippen molar-refractivity contribution in [2.75, 3.05) is 5.32 Å². The van der Waals surface area contributed by atoms with Gasteiger partial charge < -0.3 is 0 Å². The molecule has 3 aromatic heterocycles. The number of carbonyl (C=O) groups excluding carboxylic acids is 1. The maximum Gasteiger partial charge on any atom is 0.261 e. The second-order valence-corrected chi connectivity index (χ2v) is 5.82. The molecule has 0 spiro atoms. The predicted octanol–water partition coefficient (Wildman–Crippen LogP) is 3.63. The number of aryl methyl sites for hydroxylation is 1. The lowest BCUT2D eigenvalue weighted by Gasteiger charge is -2.07. The molecule has 0 bridgehead atoms. The number of rotatable bonds is 3. The van der Waals surface area contributed by atoms with Gasteiger partial charge in [0, 0.05) is 12.4 Å². The van der Waals surface area contributed by atoms with Gasteiger partial charge in [0.1, 0.15) is 17.3 Å². The van der Waals surface area contributed by atoms with Crippen LogP contribution in [0.3, 0.4) is 0 Å². The van der Waals surface area contributed by atoms with Crippen molar-refractivity contribution in [3.05, 3.63) is 77.8 Å². The first kappa shape index (κ1) is 16.8. The molecule has 0 radical (unpaired) electrons. The van der Waals surface area contributed by atoms with Crippen LogP contribution in [0.25, 0.3) is 17.0 Å². The molecule has 27 heavy (non-hydrogen) atoms. The topological polar surface area (TPSA) is 72.2 Å². The summed E-state index contributed by atoms with van der Waals surface area (Å²) < 4.78 is 28.9. The number of anilines is 1. The fourth-order valence-corrected chi connectivity index (χ4v) is 2.81. The standard InChI is InChI=1S/C19H13F2N5O/c1-11-17(26-9-3-2-4-16(26)23-11)15-7-8-22-19(24-15)25-18(27)13-10-12(20)5-6-14(13)21/h2-10H,1H3,(H,22,24,25,27). The lowest BCUT2D eigenvalue weighted by molar-refractivity contribution is 0.102. The molecule has 1 aromatic carbocycles. The molecule has 0 aliphatic rings. The number of imidazole rings is 1. The Morgan fingerprint density at radius 3 is 2.81 bits per heavy atom. The second-order valence-electron chi connectivity index (χ2n) is 5.82. The summed E-state index contributed by atoms with van der Waals surface area (Å²) in [6.07, 6.45) is 3.33. The Kier molecular flexibility index (Phi) is 4.08. The highest BCUT2D eigenvalue weighted by Gasteiger charge is 2.16. The van der Waals surface area contributed by atoms with Crippen molar-refractivity contribution in [3.8, 4) is 11.4 Å². The molecule has 0 fully saturated rings. The fraction of sp³-hybridized carbons (Fsp3) is 0.0526. The molecule has 4 aromatic rings. The number of benzene rings is 1. The van der Waals surface area contributed by atoms with Crippen LogP contribution in [0.1, 0.15) is 16.1 Å². The van der Waals surface area contributed by atoms with E-state index in [1.807, 2.05) is 35.7 Å². The van der Waals surface area contributed by atoms with E-state index in [2.05, 4.69) is 20.3 Å². The van der Waals surface area contributed by atoms with Gasteiger partial charge in [0.2, 0.25) is 5.95 Å². The van der Waals surface area contributed by atoms with Crippen molar-refractivity contribution in [3.63, 3.8) is 0 Å². The highest BCUT2D eigenvalue weighted by atomic mass is 19.1. The Labute approximate surface area is 152 Å². The van der Waals surface area contributed by atoms with Gasteiger partial charge in [-0.25, -0.2) is 23.7 Å². The van der Waals surface area contributed by atoms with E-state index in [0.717, 1.165) is 35.2 Å². The van der Waals surface area contributed by atoms with Crippen LogP contribution >= 0.6 is 0 Å². The Hall–Kier alpha value is -3.68. The van der Waals surface area contributed by atoms with Crippen LogP contribution < -0.4 is 5.32 Å². The third kappa shape index (κ3) is 3.12. The zero-order valence-electron chi connectivity index (χ0n) is 14.1. The van der Waals surface area contributed by atoms with Crippen LogP contribution in [0.5, 0.6) is 0 Å². The van der Waals surface area contributed by atoms with E-state index < -0.39 is 23.1 Å². The Morgan fingerprint density at radius 1 is 1.11 bits per heavy atom. The van der Waals surface area contributed by atoms with Crippen LogP contribution in [0, 0.1) is 18.6 Å². The molecule has 0 atom stereocenters. The highest BCUT2D eigenvalue weighted by Crippen LogP contribution is 2.23. The minimum absolute atomic E-state index is 0.0218. The van der Waals surface area contributed by atoms with Crippen LogP contribution in [-0.4, -0.2) is 25.3 Å². The van der Waals surface area contributed by atoms with Crippen molar-refractivity contribution in [1.29, 1.82) is 0 Å². The summed E-state index contributed by atoms with van der Waals surface area (Å²) in [5.41, 5.74) is 2.39. The van der Waals surface area contributed by atoms with Crippen LogP contribution in [0.4, 0.5) is 14.7 Å². The molecule has 8 heteroatoms.